The number of hydrogen-bond acceptors (Lipinski definition) is 4. The van der Waals surface area contributed by atoms with Gasteiger partial charge in [0.25, 0.3) is 11.6 Å². The maximum Gasteiger partial charge on any atom is 0.284 e. The molecule has 0 aliphatic carbocycles. The monoisotopic (exact) mass is 341 g/mol. The van der Waals surface area contributed by atoms with Crippen LogP contribution in [0, 0.1) is 10.1 Å². The van der Waals surface area contributed by atoms with Crippen LogP contribution in [0.3, 0.4) is 0 Å². The fourth-order valence-corrected chi connectivity index (χ4v) is 2.55. The van der Waals surface area contributed by atoms with Crippen molar-refractivity contribution in [1.82, 2.24) is 10.2 Å². The molecule has 0 bridgehead atoms. The third-order valence-corrected chi connectivity index (χ3v) is 3.79. The van der Waals surface area contributed by atoms with Crippen LogP contribution in [0.1, 0.15) is 16.8 Å². The molecule has 0 radical (unpaired) electrons. The van der Waals surface area contributed by atoms with E-state index in [0.717, 1.165) is 0 Å². The van der Waals surface area contributed by atoms with Gasteiger partial charge in [0, 0.05) is 19.2 Å². The van der Waals surface area contributed by atoms with E-state index in [1.54, 1.807) is 0 Å². The molecule has 0 atom stereocenters. The number of nitro benzene ring substituents is 1. The largest absolute Gasteiger partial charge is 0.354 e. The van der Waals surface area contributed by atoms with Gasteiger partial charge in [-0.05, 0) is 28.4 Å². The molecule has 8 heteroatoms. The number of benzene rings is 1. The Morgan fingerprint density at radius 3 is 2.90 bits per heavy atom. The number of nitro groups is 1. The van der Waals surface area contributed by atoms with Crippen molar-refractivity contribution >= 4 is 33.4 Å². The number of carbonyl (C=O) groups is 2. The van der Waals surface area contributed by atoms with E-state index in [9.17, 15) is 19.7 Å². The summed E-state index contributed by atoms with van der Waals surface area (Å²) in [5.41, 5.74) is 0.0176. The maximum atomic E-state index is 12.4. The second-order valence-corrected chi connectivity index (χ2v) is 5.12. The summed E-state index contributed by atoms with van der Waals surface area (Å²) in [5, 5.41) is 13.5. The van der Waals surface area contributed by atoms with Crippen molar-refractivity contribution in [1.29, 1.82) is 0 Å². The highest BCUT2D eigenvalue weighted by Gasteiger charge is 2.25. The van der Waals surface area contributed by atoms with Crippen LogP contribution in [-0.4, -0.2) is 41.3 Å². The third kappa shape index (κ3) is 2.96. The second-order valence-electron chi connectivity index (χ2n) is 4.33. The number of nitrogens with zero attached hydrogens (tertiary/aromatic N) is 2. The standard InChI is InChI=1S/C12H12BrN3O4/c13-11-8(3-1-4-9(11)16(19)20)12(18)15-6-2-5-14-10(17)7-15/h1,3-4H,2,5-7H2,(H,14,17). The smallest absolute Gasteiger partial charge is 0.284 e. The first-order valence-corrected chi connectivity index (χ1v) is 6.79. The van der Waals surface area contributed by atoms with E-state index in [4.69, 9.17) is 0 Å². The number of halogens is 1. The highest BCUT2D eigenvalue weighted by atomic mass is 79.9. The number of rotatable bonds is 2. The zero-order valence-electron chi connectivity index (χ0n) is 10.5. The van der Waals surface area contributed by atoms with Crippen molar-refractivity contribution in [2.75, 3.05) is 19.6 Å². The van der Waals surface area contributed by atoms with Crippen LogP contribution < -0.4 is 5.32 Å². The normalized spacial score (nSPS) is 15.4. The summed E-state index contributed by atoms with van der Waals surface area (Å²) >= 11 is 3.09. The quantitative estimate of drug-likeness (QED) is 0.648. The summed E-state index contributed by atoms with van der Waals surface area (Å²) in [6, 6.07) is 4.27. The van der Waals surface area contributed by atoms with Gasteiger partial charge in [-0.1, -0.05) is 6.07 Å². The molecule has 1 aliphatic rings. The van der Waals surface area contributed by atoms with Crippen LogP contribution in [0.4, 0.5) is 5.69 Å². The molecule has 7 nitrogen and oxygen atoms in total. The molecule has 1 aliphatic heterocycles. The van der Waals surface area contributed by atoms with Gasteiger partial charge in [0.05, 0.1) is 17.0 Å². The topological polar surface area (TPSA) is 92.5 Å². The van der Waals surface area contributed by atoms with Crippen molar-refractivity contribution in [2.45, 2.75) is 6.42 Å². The lowest BCUT2D eigenvalue weighted by Crippen LogP contribution is -2.37. The number of nitrogens with one attached hydrogen (secondary N) is 1. The predicted molar refractivity (Wildman–Crippen MR) is 74.3 cm³/mol. The molecule has 1 heterocycles. The van der Waals surface area contributed by atoms with Crippen molar-refractivity contribution in [3.05, 3.63) is 38.3 Å². The van der Waals surface area contributed by atoms with E-state index in [0.29, 0.717) is 19.5 Å². The lowest BCUT2D eigenvalue weighted by Gasteiger charge is -2.19. The molecule has 1 N–H and O–H groups in total. The summed E-state index contributed by atoms with van der Waals surface area (Å²) in [4.78, 5) is 35.6. The lowest BCUT2D eigenvalue weighted by molar-refractivity contribution is -0.385. The summed E-state index contributed by atoms with van der Waals surface area (Å²) in [6.45, 7) is 0.930. The van der Waals surface area contributed by atoms with E-state index < -0.39 is 10.8 Å². The van der Waals surface area contributed by atoms with Gasteiger partial charge in [-0.3, -0.25) is 19.7 Å². The summed E-state index contributed by atoms with van der Waals surface area (Å²) < 4.78 is 0.139. The predicted octanol–water partition coefficient (Wildman–Crippen LogP) is 1.32. The number of carbonyl (C=O) groups excluding carboxylic acids is 2. The molecule has 1 fully saturated rings. The fraction of sp³-hybridized carbons (Fsp3) is 0.333. The molecular weight excluding hydrogens is 330 g/mol. The zero-order valence-corrected chi connectivity index (χ0v) is 12.1. The van der Waals surface area contributed by atoms with Crippen molar-refractivity contribution in [2.24, 2.45) is 0 Å². The molecule has 2 amide bonds. The Balaban J connectivity index is 2.31. The second kappa shape index (κ2) is 6.00. The van der Waals surface area contributed by atoms with Gasteiger partial charge in [-0.15, -0.1) is 0 Å². The zero-order chi connectivity index (χ0) is 14.7. The molecule has 1 aromatic rings. The summed E-state index contributed by atoms with van der Waals surface area (Å²) in [6.07, 6.45) is 0.657. The molecule has 0 aromatic heterocycles. The first-order valence-electron chi connectivity index (χ1n) is 5.99. The van der Waals surface area contributed by atoms with Gasteiger partial charge in [-0.25, -0.2) is 0 Å². The minimum absolute atomic E-state index is 0.0338. The van der Waals surface area contributed by atoms with Crippen LogP contribution >= 0.6 is 15.9 Å². The summed E-state index contributed by atoms with van der Waals surface area (Å²) in [5.74, 6) is -0.616. The van der Waals surface area contributed by atoms with Crippen LogP contribution in [0.15, 0.2) is 22.7 Å². The highest BCUT2D eigenvalue weighted by Crippen LogP contribution is 2.29. The average Bonchev–Trinajstić information content (AvgIpc) is 2.62. The summed E-state index contributed by atoms with van der Waals surface area (Å²) in [7, 11) is 0. The Hall–Kier alpha value is -1.96. The van der Waals surface area contributed by atoms with Gasteiger partial charge in [0.2, 0.25) is 5.91 Å². The van der Waals surface area contributed by atoms with Gasteiger partial charge >= 0.3 is 0 Å². The van der Waals surface area contributed by atoms with Crippen LogP contribution in [-0.2, 0) is 4.79 Å². The molecule has 1 aromatic carbocycles. The minimum Gasteiger partial charge on any atom is -0.354 e. The highest BCUT2D eigenvalue weighted by molar-refractivity contribution is 9.10. The Labute approximate surface area is 123 Å². The van der Waals surface area contributed by atoms with Gasteiger partial charge in [0.1, 0.15) is 4.47 Å². The molecule has 1 saturated heterocycles. The van der Waals surface area contributed by atoms with Crippen LogP contribution in [0.2, 0.25) is 0 Å². The third-order valence-electron chi connectivity index (χ3n) is 2.95. The molecule has 20 heavy (non-hydrogen) atoms. The average molecular weight is 342 g/mol. The van der Waals surface area contributed by atoms with Crippen molar-refractivity contribution in [3.8, 4) is 0 Å². The molecule has 2 rings (SSSR count). The number of amides is 2. The lowest BCUT2D eigenvalue weighted by atomic mass is 10.1. The first kappa shape index (κ1) is 14.4. The SMILES string of the molecule is O=C1CN(C(=O)c2cccc([N+](=O)[O-])c2Br)CCCN1. The molecular formula is C12H12BrN3O4. The Kier molecular flexibility index (Phi) is 4.33. The molecule has 0 spiro atoms. The van der Waals surface area contributed by atoms with E-state index >= 15 is 0 Å². The van der Waals surface area contributed by atoms with E-state index in [2.05, 4.69) is 21.2 Å². The molecule has 0 unspecified atom stereocenters. The van der Waals surface area contributed by atoms with E-state index in [1.807, 2.05) is 0 Å². The van der Waals surface area contributed by atoms with E-state index in [1.165, 1.54) is 23.1 Å². The fourth-order valence-electron chi connectivity index (χ4n) is 1.98. The van der Waals surface area contributed by atoms with E-state index in [-0.39, 0.29) is 28.2 Å². The number of hydrogen-bond donors (Lipinski definition) is 1. The van der Waals surface area contributed by atoms with Crippen molar-refractivity contribution in [3.63, 3.8) is 0 Å². The first-order chi connectivity index (χ1) is 9.50. The maximum absolute atomic E-state index is 12.4. The minimum atomic E-state index is -0.560. The van der Waals surface area contributed by atoms with Gasteiger partial charge < -0.3 is 10.2 Å². The molecule has 106 valence electrons. The van der Waals surface area contributed by atoms with Gasteiger partial charge in [0.15, 0.2) is 0 Å². The van der Waals surface area contributed by atoms with Crippen LogP contribution in [0.25, 0.3) is 0 Å². The van der Waals surface area contributed by atoms with Gasteiger partial charge in [-0.2, -0.15) is 0 Å². The Morgan fingerprint density at radius 2 is 2.20 bits per heavy atom. The molecule has 0 saturated carbocycles. The van der Waals surface area contributed by atoms with Crippen LogP contribution in [0.5, 0.6) is 0 Å². The Morgan fingerprint density at radius 1 is 1.45 bits per heavy atom. The Bertz CT molecular complexity index is 576. The van der Waals surface area contributed by atoms with Crippen molar-refractivity contribution < 1.29 is 14.5 Å².